The van der Waals surface area contributed by atoms with Gasteiger partial charge in [-0.1, -0.05) is 0 Å². The Morgan fingerprint density at radius 1 is 1.03 bits per heavy atom. The van der Waals surface area contributed by atoms with Gasteiger partial charge in [0.15, 0.2) is 17.0 Å². The maximum absolute atomic E-state index is 12.3. The van der Waals surface area contributed by atoms with Crippen LogP contribution in [0.1, 0.15) is 16.1 Å². The molecule has 0 saturated heterocycles. The Kier molecular flexibility index (Phi) is 8.63. The van der Waals surface area contributed by atoms with Gasteiger partial charge < -0.3 is 36.9 Å². The number of anilines is 3. The number of nitrogen functional groups attached to an aromatic ring is 2. The lowest BCUT2D eigenvalue weighted by Gasteiger charge is -2.19. The SMILES string of the molecule is CN(Cc1cnc2nc(N)nc(N)c2n1)c1ccc(C(=O)NCCOCCOCCN)cc1. The molecule has 0 atom stereocenters. The number of amides is 1. The van der Waals surface area contributed by atoms with Crippen molar-refractivity contribution in [3.63, 3.8) is 0 Å². The molecule has 0 aliphatic rings. The first kappa shape index (κ1) is 24.0. The first-order chi connectivity index (χ1) is 16.0. The lowest BCUT2D eigenvalue weighted by molar-refractivity contribution is 0.0511. The molecule has 3 aromatic rings. The van der Waals surface area contributed by atoms with Crippen LogP contribution >= 0.6 is 0 Å². The number of hydrogen-bond donors (Lipinski definition) is 4. The number of benzene rings is 1. The fourth-order valence-corrected chi connectivity index (χ4v) is 3.00. The number of carbonyl (C=O) groups is 1. The number of carbonyl (C=O) groups excluding carboxylic acids is 1. The van der Waals surface area contributed by atoms with E-state index in [4.69, 9.17) is 26.7 Å². The van der Waals surface area contributed by atoms with Gasteiger partial charge in [-0.25, -0.2) is 9.97 Å². The van der Waals surface area contributed by atoms with Crippen molar-refractivity contribution in [1.29, 1.82) is 0 Å². The van der Waals surface area contributed by atoms with Gasteiger partial charge >= 0.3 is 0 Å². The fraction of sp³-hybridized carbons (Fsp3) is 0.381. The molecule has 2 heterocycles. The third-order valence-electron chi connectivity index (χ3n) is 4.64. The molecule has 0 bridgehead atoms. The Labute approximate surface area is 191 Å². The molecule has 12 nitrogen and oxygen atoms in total. The van der Waals surface area contributed by atoms with Gasteiger partial charge in [-0.3, -0.25) is 4.79 Å². The predicted octanol–water partition coefficient (Wildman–Crippen LogP) is -0.0577. The summed E-state index contributed by atoms with van der Waals surface area (Å²) in [5, 5.41) is 2.83. The molecule has 0 radical (unpaired) electrons. The molecular weight excluding hydrogens is 426 g/mol. The van der Waals surface area contributed by atoms with Gasteiger partial charge in [-0.2, -0.15) is 9.97 Å². The molecular formula is C21H29N9O3. The monoisotopic (exact) mass is 455 g/mol. The zero-order valence-electron chi connectivity index (χ0n) is 18.5. The summed E-state index contributed by atoms with van der Waals surface area (Å²) in [5.74, 6) is 0.0845. The van der Waals surface area contributed by atoms with E-state index in [1.54, 1.807) is 18.3 Å². The highest BCUT2D eigenvalue weighted by molar-refractivity contribution is 5.94. The van der Waals surface area contributed by atoms with Crippen LogP contribution in [-0.2, 0) is 16.0 Å². The zero-order valence-corrected chi connectivity index (χ0v) is 18.5. The van der Waals surface area contributed by atoms with Crippen molar-refractivity contribution in [2.45, 2.75) is 6.54 Å². The number of aromatic nitrogens is 4. The van der Waals surface area contributed by atoms with E-state index in [0.29, 0.717) is 68.5 Å². The Bertz CT molecular complexity index is 1060. The number of ether oxygens (including phenoxy) is 2. The molecule has 176 valence electrons. The van der Waals surface area contributed by atoms with Crippen LogP contribution in [0.15, 0.2) is 30.5 Å². The van der Waals surface area contributed by atoms with Crippen LogP contribution in [0.5, 0.6) is 0 Å². The average molecular weight is 456 g/mol. The smallest absolute Gasteiger partial charge is 0.251 e. The highest BCUT2D eigenvalue weighted by atomic mass is 16.5. The van der Waals surface area contributed by atoms with E-state index in [0.717, 1.165) is 5.69 Å². The molecule has 0 unspecified atom stereocenters. The first-order valence-corrected chi connectivity index (χ1v) is 10.5. The Hall–Kier alpha value is -3.61. The predicted molar refractivity (Wildman–Crippen MR) is 126 cm³/mol. The van der Waals surface area contributed by atoms with E-state index in [2.05, 4.69) is 25.3 Å². The summed E-state index contributed by atoms with van der Waals surface area (Å²) < 4.78 is 10.6. The summed E-state index contributed by atoms with van der Waals surface area (Å²) in [6, 6.07) is 7.27. The Morgan fingerprint density at radius 3 is 2.48 bits per heavy atom. The minimum Gasteiger partial charge on any atom is -0.382 e. The van der Waals surface area contributed by atoms with Crippen molar-refractivity contribution in [2.24, 2.45) is 5.73 Å². The molecule has 33 heavy (non-hydrogen) atoms. The van der Waals surface area contributed by atoms with E-state index in [-0.39, 0.29) is 17.7 Å². The molecule has 7 N–H and O–H groups in total. The standard InChI is InChI=1S/C21H29N9O3/c1-30(13-15-12-26-19-17(27-15)18(23)28-21(24)29-19)16-4-2-14(3-5-16)20(31)25-7-9-33-11-10-32-8-6-22/h2-5,12H,6-11,13,22H2,1H3,(H,25,31)(H4,23,24,26,28,29). The van der Waals surface area contributed by atoms with Crippen molar-refractivity contribution in [3.05, 3.63) is 41.7 Å². The second kappa shape index (κ2) is 11.9. The van der Waals surface area contributed by atoms with Gasteiger partial charge in [-0.05, 0) is 24.3 Å². The summed E-state index contributed by atoms with van der Waals surface area (Å²) in [5.41, 5.74) is 19.7. The first-order valence-electron chi connectivity index (χ1n) is 10.5. The van der Waals surface area contributed by atoms with Crippen molar-refractivity contribution in [2.75, 3.05) is 62.9 Å². The minimum absolute atomic E-state index is 0.0590. The van der Waals surface area contributed by atoms with Gasteiger partial charge in [0.25, 0.3) is 5.91 Å². The molecule has 0 spiro atoms. The van der Waals surface area contributed by atoms with Crippen LogP contribution in [0.2, 0.25) is 0 Å². The molecule has 1 aromatic carbocycles. The summed E-state index contributed by atoms with van der Waals surface area (Å²) in [6.07, 6.45) is 1.62. The van der Waals surface area contributed by atoms with Crippen LogP contribution in [0.4, 0.5) is 17.5 Å². The van der Waals surface area contributed by atoms with Crippen molar-refractivity contribution >= 4 is 34.5 Å². The lowest BCUT2D eigenvalue weighted by atomic mass is 10.2. The Morgan fingerprint density at radius 2 is 1.76 bits per heavy atom. The topological polar surface area (TPSA) is 180 Å². The highest BCUT2D eigenvalue weighted by Gasteiger charge is 2.11. The minimum atomic E-state index is -0.165. The number of nitrogens with one attached hydrogen (secondary N) is 1. The summed E-state index contributed by atoms with van der Waals surface area (Å²) in [6.45, 7) is 3.25. The summed E-state index contributed by atoms with van der Waals surface area (Å²) in [4.78, 5) is 31.0. The van der Waals surface area contributed by atoms with E-state index in [9.17, 15) is 4.79 Å². The maximum Gasteiger partial charge on any atom is 0.251 e. The molecule has 0 aliphatic heterocycles. The number of nitrogens with two attached hydrogens (primary N) is 3. The second-order valence-corrected chi connectivity index (χ2v) is 7.17. The fourth-order valence-electron chi connectivity index (χ4n) is 3.00. The molecule has 3 rings (SSSR count). The molecule has 1 amide bonds. The van der Waals surface area contributed by atoms with E-state index in [1.165, 1.54) is 0 Å². The normalized spacial score (nSPS) is 11.0. The average Bonchev–Trinajstić information content (AvgIpc) is 2.81. The van der Waals surface area contributed by atoms with E-state index >= 15 is 0 Å². The van der Waals surface area contributed by atoms with Crippen LogP contribution < -0.4 is 27.4 Å². The molecule has 2 aromatic heterocycles. The van der Waals surface area contributed by atoms with Gasteiger partial charge in [0.1, 0.15) is 0 Å². The summed E-state index contributed by atoms with van der Waals surface area (Å²) >= 11 is 0. The van der Waals surface area contributed by atoms with Crippen LogP contribution in [0, 0.1) is 0 Å². The molecule has 12 heteroatoms. The van der Waals surface area contributed by atoms with Crippen molar-refractivity contribution in [1.82, 2.24) is 25.3 Å². The number of fused-ring (bicyclic) bond motifs is 1. The quantitative estimate of drug-likeness (QED) is 0.269. The Balaban J connectivity index is 1.49. The van der Waals surface area contributed by atoms with E-state index in [1.807, 2.05) is 24.1 Å². The molecule has 0 saturated carbocycles. The van der Waals surface area contributed by atoms with Gasteiger partial charge in [0, 0.05) is 31.4 Å². The third kappa shape index (κ3) is 6.94. The van der Waals surface area contributed by atoms with Gasteiger partial charge in [0.05, 0.1) is 44.9 Å². The molecule has 0 fully saturated rings. The van der Waals surface area contributed by atoms with Crippen molar-refractivity contribution in [3.8, 4) is 0 Å². The number of rotatable bonds is 12. The van der Waals surface area contributed by atoms with Crippen molar-refractivity contribution < 1.29 is 14.3 Å². The van der Waals surface area contributed by atoms with E-state index < -0.39 is 0 Å². The van der Waals surface area contributed by atoms with Gasteiger partial charge in [-0.15, -0.1) is 0 Å². The largest absolute Gasteiger partial charge is 0.382 e. The van der Waals surface area contributed by atoms with Crippen LogP contribution in [0.25, 0.3) is 11.2 Å². The molecule has 0 aliphatic carbocycles. The summed E-state index contributed by atoms with van der Waals surface area (Å²) in [7, 11) is 1.92. The lowest BCUT2D eigenvalue weighted by Crippen LogP contribution is -2.27. The third-order valence-corrected chi connectivity index (χ3v) is 4.64. The second-order valence-electron chi connectivity index (χ2n) is 7.17. The number of nitrogens with zero attached hydrogens (tertiary/aromatic N) is 5. The number of hydrogen-bond acceptors (Lipinski definition) is 11. The van der Waals surface area contributed by atoms with Crippen LogP contribution in [-0.4, -0.2) is 72.4 Å². The zero-order chi connectivity index (χ0) is 23.6. The highest BCUT2D eigenvalue weighted by Crippen LogP contribution is 2.18. The van der Waals surface area contributed by atoms with Crippen LogP contribution in [0.3, 0.4) is 0 Å². The van der Waals surface area contributed by atoms with Gasteiger partial charge in [0.2, 0.25) is 5.95 Å². The maximum atomic E-state index is 12.3.